The smallest absolute Gasteiger partial charge is 0.418 e. The summed E-state index contributed by atoms with van der Waals surface area (Å²) >= 11 is 0. The van der Waals surface area contributed by atoms with E-state index in [4.69, 9.17) is 9.05 Å². The van der Waals surface area contributed by atoms with E-state index in [1.807, 2.05) is 37.3 Å². The Morgan fingerprint density at radius 2 is 1.44 bits per heavy atom. The summed E-state index contributed by atoms with van der Waals surface area (Å²) in [4.78, 5) is 11.0. The summed E-state index contributed by atoms with van der Waals surface area (Å²) in [7, 11) is -2.17. The van der Waals surface area contributed by atoms with Crippen molar-refractivity contribution in [3.8, 4) is 11.5 Å². The maximum Gasteiger partial charge on any atom is 0.460 e. The van der Waals surface area contributed by atoms with E-state index < -0.39 is 8.60 Å². The standard InChI is InChI=1S/C30H39O3P/c1-20-15-16-27(25(17-20)22(3)23-13-11-10-12-14-23)32-34(31)33-28-21(2)18-24(29(4,5)6)19-26(28)30(7,8)9/h10-19,22,31H,1-9H3. The van der Waals surface area contributed by atoms with Crippen LogP contribution in [0.3, 0.4) is 0 Å². The third-order valence-electron chi connectivity index (χ3n) is 6.23. The summed E-state index contributed by atoms with van der Waals surface area (Å²) in [5, 5.41) is 0. The SMILES string of the molecule is Cc1ccc(OP(O)Oc2c(C)cc(C(C)(C)C)cc2C(C)(C)C)c(C(C)c2ccccc2)c1. The van der Waals surface area contributed by atoms with E-state index in [-0.39, 0.29) is 16.7 Å². The Hall–Kier alpha value is -2.35. The molecule has 3 aromatic rings. The van der Waals surface area contributed by atoms with Crippen LogP contribution in [0.1, 0.15) is 87.8 Å². The molecular formula is C30H39O3P. The van der Waals surface area contributed by atoms with Crippen molar-refractivity contribution in [2.75, 3.05) is 0 Å². The molecule has 3 aromatic carbocycles. The van der Waals surface area contributed by atoms with Crippen LogP contribution >= 0.6 is 8.60 Å². The third kappa shape index (κ3) is 6.20. The Balaban J connectivity index is 1.93. The molecule has 2 unspecified atom stereocenters. The predicted octanol–water partition coefficient (Wildman–Crippen LogP) is 8.73. The molecule has 0 spiro atoms. The molecule has 0 saturated heterocycles. The second kappa shape index (κ2) is 10.1. The van der Waals surface area contributed by atoms with Gasteiger partial charge in [-0.15, -0.1) is 0 Å². The van der Waals surface area contributed by atoms with Crippen molar-refractivity contribution in [3.05, 3.63) is 94.0 Å². The minimum absolute atomic E-state index is 0.0219. The van der Waals surface area contributed by atoms with Gasteiger partial charge in [-0.3, -0.25) is 0 Å². The van der Waals surface area contributed by atoms with Crippen molar-refractivity contribution < 1.29 is 13.9 Å². The van der Waals surface area contributed by atoms with Crippen molar-refractivity contribution in [2.24, 2.45) is 0 Å². The van der Waals surface area contributed by atoms with Gasteiger partial charge in [0, 0.05) is 17.0 Å². The quantitative estimate of drug-likeness (QED) is 0.360. The second-order valence-corrected chi connectivity index (χ2v) is 12.1. The molecule has 3 rings (SSSR count). The summed E-state index contributed by atoms with van der Waals surface area (Å²) in [5.41, 5.74) is 6.59. The van der Waals surface area contributed by atoms with E-state index in [9.17, 15) is 4.89 Å². The van der Waals surface area contributed by atoms with Gasteiger partial charge >= 0.3 is 8.60 Å². The molecule has 182 valence electrons. The van der Waals surface area contributed by atoms with Crippen LogP contribution in [0.25, 0.3) is 0 Å². The normalized spacial score (nSPS) is 13.9. The van der Waals surface area contributed by atoms with Crippen LogP contribution in [-0.4, -0.2) is 4.89 Å². The first-order chi connectivity index (χ1) is 15.8. The highest BCUT2D eigenvalue weighted by Gasteiger charge is 2.28. The van der Waals surface area contributed by atoms with Gasteiger partial charge in [0.25, 0.3) is 0 Å². The van der Waals surface area contributed by atoms with E-state index in [0.29, 0.717) is 11.5 Å². The molecule has 34 heavy (non-hydrogen) atoms. The fourth-order valence-corrected chi connectivity index (χ4v) is 4.85. The molecule has 2 atom stereocenters. The largest absolute Gasteiger partial charge is 0.460 e. The first-order valence-electron chi connectivity index (χ1n) is 11.9. The van der Waals surface area contributed by atoms with Crippen LogP contribution in [0, 0.1) is 13.8 Å². The monoisotopic (exact) mass is 478 g/mol. The average molecular weight is 479 g/mol. The van der Waals surface area contributed by atoms with Crippen LogP contribution < -0.4 is 9.05 Å². The molecular weight excluding hydrogens is 439 g/mol. The highest BCUT2D eigenvalue weighted by molar-refractivity contribution is 7.41. The van der Waals surface area contributed by atoms with E-state index in [1.54, 1.807) is 0 Å². The molecule has 0 saturated carbocycles. The van der Waals surface area contributed by atoms with Crippen molar-refractivity contribution in [3.63, 3.8) is 0 Å². The van der Waals surface area contributed by atoms with Crippen molar-refractivity contribution in [1.29, 1.82) is 0 Å². The minimum atomic E-state index is -2.17. The summed E-state index contributed by atoms with van der Waals surface area (Å²) in [6.07, 6.45) is 0. The zero-order chi connectivity index (χ0) is 25.3. The van der Waals surface area contributed by atoms with Crippen molar-refractivity contribution in [1.82, 2.24) is 0 Å². The summed E-state index contributed by atoms with van der Waals surface area (Å²) in [6, 6.07) is 20.8. The number of rotatable bonds is 6. The van der Waals surface area contributed by atoms with Gasteiger partial charge in [-0.1, -0.05) is 109 Å². The lowest BCUT2D eigenvalue weighted by Crippen LogP contribution is -2.18. The highest BCUT2D eigenvalue weighted by atomic mass is 31.2. The molecule has 4 heteroatoms. The van der Waals surface area contributed by atoms with E-state index in [1.165, 1.54) is 11.1 Å². The molecule has 0 aliphatic carbocycles. The number of aryl methyl sites for hydroxylation is 2. The van der Waals surface area contributed by atoms with Gasteiger partial charge in [0.2, 0.25) is 0 Å². The van der Waals surface area contributed by atoms with Crippen LogP contribution in [0.5, 0.6) is 11.5 Å². The average Bonchev–Trinajstić information content (AvgIpc) is 2.74. The fraction of sp³-hybridized carbons (Fsp3) is 0.400. The van der Waals surface area contributed by atoms with Crippen LogP contribution in [0.2, 0.25) is 0 Å². The molecule has 0 aromatic heterocycles. The molecule has 0 amide bonds. The Bertz CT molecular complexity index is 1120. The highest BCUT2D eigenvalue weighted by Crippen LogP contribution is 2.46. The maximum atomic E-state index is 11.0. The lowest BCUT2D eigenvalue weighted by Gasteiger charge is -2.29. The van der Waals surface area contributed by atoms with E-state index in [2.05, 4.69) is 85.7 Å². The zero-order valence-electron chi connectivity index (χ0n) is 22.1. The van der Waals surface area contributed by atoms with Crippen LogP contribution in [0.15, 0.2) is 60.7 Å². The second-order valence-electron chi connectivity index (χ2n) is 11.3. The Labute approximate surface area is 207 Å². The lowest BCUT2D eigenvalue weighted by atomic mass is 9.79. The van der Waals surface area contributed by atoms with Gasteiger partial charge in [-0.2, -0.15) is 0 Å². The van der Waals surface area contributed by atoms with Gasteiger partial charge in [0.05, 0.1) is 0 Å². The zero-order valence-corrected chi connectivity index (χ0v) is 23.0. The number of hydrogen-bond donors (Lipinski definition) is 1. The van der Waals surface area contributed by atoms with E-state index >= 15 is 0 Å². The number of benzene rings is 3. The molecule has 0 aliphatic rings. The Morgan fingerprint density at radius 3 is 2.03 bits per heavy atom. The molecule has 0 heterocycles. The summed E-state index contributed by atoms with van der Waals surface area (Å²) < 4.78 is 12.2. The topological polar surface area (TPSA) is 38.7 Å². The van der Waals surface area contributed by atoms with E-state index in [0.717, 1.165) is 22.3 Å². The molecule has 1 N–H and O–H groups in total. The third-order valence-corrected chi connectivity index (χ3v) is 6.92. The molecule has 0 radical (unpaired) electrons. The van der Waals surface area contributed by atoms with Crippen molar-refractivity contribution >= 4 is 8.60 Å². The van der Waals surface area contributed by atoms with Crippen molar-refractivity contribution in [2.45, 2.75) is 79.1 Å². The molecule has 0 fully saturated rings. The Morgan fingerprint density at radius 1 is 0.794 bits per heavy atom. The summed E-state index contributed by atoms with van der Waals surface area (Å²) in [5.74, 6) is 1.48. The van der Waals surface area contributed by atoms with Gasteiger partial charge in [0.1, 0.15) is 11.5 Å². The Kier molecular flexibility index (Phi) is 7.80. The number of hydrogen-bond acceptors (Lipinski definition) is 3. The van der Waals surface area contributed by atoms with Gasteiger partial charge in [-0.05, 0) is 47.4 Å². The molecule has 3 nitrogen and oxygen atoms in total. The summed E-state index contributed by atoms with van der Waals surface area (Å²) in [6.45, 7) is 19.4. The molecule has 0 bridgehead atoms. The predicted molar refractivity (Wildman–Crippen MR) is 144 cm³/mol. The molecule has 0 aliphatic heterocycles. The van der Waals surface area contributed by atoms with Gasteiger partial charge < -0.3 is 13.9 Å². The lowest BCUT2D eigenvalue weighted by molar-refractivity contribution is 0.372. The fourth-order valence-electron chi connectivity index (χ4n) is 4.08. The van der Waals surface area contributed by atoms with Crippen LogP contribution in [0.4, 0.5) is 0 Å². The maximum absolute atomic E-state index is 11.0. The first-order valence-corrected chi connectivity index (χ1v) is 13.1. The van der Waals surface area contributed by atoms with Crippen LogP contribution in [-0.2, 0) is 10.8 Å². The van der Waals surface area contributed by atoms with Gasteiger partial charge in [-0.25, -0.2) is 0 Å². The van der Waals surface area contributed by atoms with Gasteiger partial charge in [0.15, 0.2) is 0 Å². The minimum Gasteiger partial charge on any atom is -0.418 e. The first kappa shape index (κ1) is 26.3.